The van der Waals surface area contributed by atoms with Crippen molar-refractivity contribution in [3.05, 3.63) is 41.5 Å². The summed E-state index contributed by atoms with van der Waals surface area (Å²) in [6, 6.07) is 9.55. The second-order valence-corrected chi connectivity index (χ2v) is 8.17. The highest BCUT2D eigenvalue weighted by Crippen LogP contribution is 2.33. The number of ketones is 1. The Kier molecular flexibility index (Phi) is 5.90. The topological polar surface area (TPSA) is 83.6 Å². The minimum Gasteiger partial charge on any atom is -0.355 e. The molecule has 0 radical (unpaired) electrons. The van der Waals surface area contributed by atoms with Gasteiger partial charge in [0.15, 0.2) is 5.78 Å². The molecule has 2 rings (SSSR count). The van der Waals surface area contributed by atoms with Crippen LogP contribution >= 0.6 is 0 Å². The maximum atomic E-state index is 12.1. The summed E-state index contributed by atoms with van der Waals surface area (Å²) in [5.41, 5.74) is 2.41. The van der Waals surface area contributed by atoms with Crippen LogP contribution in [0.2, 0.25) is 0 Å². The van der Waals surface area contributed by atoms with E-state index in [0.29, 0.717) is 18.4 Å². The molecule has 1 aromatic rings. The Morgan fingerprint density at radius 1 is 1.17 bits per heavy atom. The molecule has 1 aliphatic rings. The van der Waals surface area contributed by atoms with Gasteiger partial charge in [0.2, 0.25) is 15.9 Å². The molecule has 0 aromatic heterocycles. The van der Waals surface area contributed by atoms with Crippen molar-refractivity contribution in [2.24, 2.45) is 0 Å². The summed E-state index contributed by atoms with van der Waals surface area (Å²) in [7, 11) is -0.447. The van der Waals surface area contributed by atoms with E-state index in [-0.39, 0.29) is 30.4 Å². The van der Waals surface area contributed by atoms with Crippen LogP contribution in [0.4, 0.5) is 0 Å². The molecule has 0 spiro atoms. The molecule has 1 aliphatic carbocycles. The Hall–Kier alpha value is -1.99. The summed E-state index contributed by atoms with van der Waals surface area (Å²) in [5, 5.41) is 2.58. The Labute approximate surface area is 142 Å². The summed E-state index contributed by atoms with van der Waals surface area (Å²) < 4.78 is 24.4. The van der Waals surface area contributed by atoms with Crippen LogP contribution in [0.25, 0.3) is 5.57 Å². The van der Waals surface area contributed by atoms with Crippen LogP contribution in [0.5, 0.6) is 0 Å². The Balaban J connectivity index is 2.00. The van der Waals surface area contributed by atoms with Gasteiger partial charge in [0.1, 0.15) is 0 Å². The standard InChI is InChI=1S/C17H22N2O4S/c1-19(2)24(22,23)11-10-18-17(21)12-15-14(8-9-16(15)20)13-6-4-3-5-7-13/h3-7H,8-12H2,1-2H3,(H,18,21). The number of hydrogen-bond donors (Lipinski definition) is 1. The lowest BCUT2D eigenvalue weighted by Crippen LogP contribution is -2.34. The summed E-state index contributed by atoms with van der Waals surface area (Å²) in [5.74, 6) is -0.503. The van der Waals surface area contributed by atoms with Gasteiger partial charge in [-0.3, -0.25) is 9.59 Å². The average molecular weight is 350 g/mol. The predicted octanol–water partition coefficient (Wildman–Crippen LogP) is 1.20. The molecule has 0 unspecified atom stereocenters. The number of rotatable bonds is 7. The zero-order valence-electron chi connectivity index (χ0n) is 13.9. The second-order valence-electron chi connectivity index (χ2n) is 5.87. The van der Waals surface area contributed by atoms with Crippen molar-refractivity contribution >= 4 is 27.3 Å². The highest BCUT2D eigenvalue weighted by Gasteiger charge is 2.25. The molecule has 1 aromatic carbocycles. The highest BCUT2D eigenvalue weighted by atomic mass is 32.2. The molecule has 1 N–H and O–H groups in total. The molecule has 0 bridgehead atoms. The first-order chi connectivity index (χ1) is 11.3. The number of sulfonamides is 1. The van der Waals surface area contributed by atoms with Gasteiger partial charge in [-0.05, 0) is 17.6 Å². The third-order valence-corrected chi connectivity index (χ3v) is 5.83. The van der Waals surface area contributed by atoms with Gasteiger partial charge in [-0.2, -0.15) is 0 Å². The molecule has 7 heteroatoms. The van der Waals surface area contributed by atoms with Crippen LogP contribution in [-0.2, 0) is 19.6 Å². The van der Waals surface area contributed by atoms with Crippen molar-refractivity contribution in [1.29, 1.82) is 0 Å². The molecular formula is C17H22N2O4S. The highest BCUT2D eigenvalue weighted by molar-refractivity contribution is 7.89. The van der Waals surface area contributed by atoms with Crippen molar-refractivity contribution < 1.29 is 18.0 Å². The number of carbonyl (C=O) groups is 2. The number of hydrogen-bond acceptors (Lipinski definition) is 4. The van der Waals surface area contributed by atoms with Crippen molar-refractivity contribution in [1.82, 2.24) is 9.62 Å². The number of allylic oxidation sites excluding steroid dienone is 1. The van der Waals surface area contributed by atoms with E-state index in [2.05, 4.69) is 5.32 Å². The van der Waals surface area contributed by atoms with Gasteiger partial charge in [-0.1, -0.05) is 30.3 Å². The van der Waals surface area contributed by atoms with Crippen LogP contribution in [0.1, 0.15) is 24.8 Å². The largest absolute Gasteiger partial charge is 0.355 e. The van der Waals surface area contributed by atoms with Gasteiger partial charge in [0.25, 0.3) is 0 Å². The maximum absolute atomic E-state index is 12.1. The van der Waals surface area contributed by atoms with Crippen molar-refractivity contribution in [3.63, 3.8) is 0 Å². The fraction of sp³-hybridized carbons (Fsp3) is 0.412. The second kappa shape index (κ2) is 7.72. The van der Waals surface area contributed by atoms with Crippen LogP contribution in [0.3, 0.4) is 0 Å². The van der Waals surface area contributed by atoms with Crippen LogP contribution < -0.4 is 5.32 Å². The molecule has 24 heavy (non-hydrogen) atoms. The van der Waals surface area contributed by atoms with Gasteiger partial charge < -0.3 is 5.32 Å². The van der Waals surface area contributed by atoms with Crippen LogP contribution in [0.15, 0.2) is 35.9 Å². The molecule has 6 nitrogen and oxygen atoms in total. The molecule has 0 fully saturated rings. The average Bonchev–Trinajstić information content (AvgIpc) is 2.89. The summed E-state index contributed by atoms with van der Waals surface area (Å²) in [4.78, 5) is 24.1. The minimum atomic E-state index is -3.35. The van der Waals surface area contributed by atoms with E-state index < -0.39 is 10.0 Å². The van der Waals surface area contributed by atoms with Gasteiger partial charge in [-0.15, -0.1) is 0 Å². The number of carbonyl (C=O) groups excluding carboxylic acids is 2. The summed E-state index contributed by atoms with van der Waals surface area (Å²) in [6.45, 7) is 0.0293. The normalized spacial score (nSPS) is 15.2. The number of nitrogens with one attached hydrogen (secondary N) is 1. The van der Waals surface area contributed by atoms with E-state index in [0.717, 1.165) is 15.4 Å². The third kappa shape index (κ3) is 4.52. The Morgan fingerprint density at radius 3 is 2.46 bits per heavy atom. The molecule has 0 aliphatic heterocycles. The molecule has 0 saturated heterocycles. The lowest BCUT2D eigenvalue weighted by molar-refractivity contribution is -0.122. The third-order valence-electron chi connectivity index (χ3n) is 4.00. The summed E-state index contributed by atoms with van der Waals surface area (Å²) >= 11 is 0. The molecule has 0 saturated carbocycles. The van der Waals surface area contributed by atoms with Gasteiger partial charge in [0.05, 0.1) is 12.2 Å². The van der Waals surface area contributed by atoms with Crippen molar-refractivity contribution in [2.75, 3.05) is 26.4 Å². The van der Waals surface area contributed by atoms with Crippen LogP contribution in [0, 0.1) is 0 Å². The lowest BCUT2D eigenvalue weighted by atomic mass is 10.00. The van der Waals surface area contributed by atoms with E-state index >= 15 is 0 Å². The van der Waals surface area contributed by atoms with Gasteiger partial charge in [0, 0.05) is 32.6 Å². The number of nitrogens with zero attached hydrogens (tertiary/aromatic N) is 1. The predicted molar refractivity (Wildman–Crippen MR) is 92.7 cm³/mol. The van der Waals surface area contributed by atoms with E-state index in [4.69, 9.17) is 0 Å². The molecule has 130 valence electrons. The van der Waals surface area contributed by atoms with Crippen molar-refractivity contribution in [2.45, 2.75) is 19.3 Å². The fourth-order valence-electron chi connectivity index (χ4n) is 2.60. The zero-order valence-corrected chi connectivity index (χ0v) is 14.7. The minimum absolute atomic E-state index is 0.00886. The Bertz CT molecular complexity index is 752. The van der Waals surface area contributed by atoms with Crippen LogP contribution in [-0.4, -0.2) is 50.8 Å². The Morgan fingerprint density at radius 2 is 1.83 bits per heavy atom. The zero-order chi connectivity index (χ0) is 17.7. The quantitative estimate of drug-likeness (QED) is 0.801. The van der Waals surface area contributed by atoms with Gasteiger partial charge >= 0.3 is 0 Å². The number of benzene rings is 1. The fourth-order valence-corrected chi connectivity index (χ4v) is 3.32. The van der Waals surface area contributed by atoms with Crippen molar-refractivity contribution in [3.8, 4) is 0 Å². The SMILES string of the molecule is CN(C)S(=O)(=O)CCNC(=O)CC1=C(c2ccccc2)CCC1=O. The molecular weight excluding hydrogens is 328 g/mol. The number of amides is 1. The molecule has 1 amide bonds. The molecule has 0 heterocycles. The number of Topliss-reactive ketones (excluding diaryl/α,β-unsaturated/α-hetero) is 1. The van der Waals surface area contributed by atoms with E-state index in [1.165, 1.54) is 14.1 Å². The lowest BCUT2D eigenvalue weighted by Gasteiger charge is -2.12. The van der Waals surface area contributed by atoms with E-state index in [9.17, 15) is 18.0 Å². The first kappa shape index (κ1) is 18.4. The maximum Gasteiger partial charge on any atom is 0.224 e. The molecule has 0 atom stereocenters. The van der Waals surface area contributed by atoms with E-state index in [1.54, 1.807) is 0 Å². The first-order valence-electron chi connectivity index (χ1n) is 7.79. The van der Waals surface area contributed by atoms with Gasteiger partial charge in [-0.25, -0.2) is 12.7 Å². The summed E-state index contributed by atoms with van der Waals surface area (Å²) in [6.07, 6.45) is 1.05. The monoisotopic (exact) mass is 350 g/mol. The first-order valence-corrected chi connectivity index (χ1v) is 9.39. The smallest absolute Gasteiger partial charge is 0.224 e. The van der Waals surface area contributed by atoms with E-state index in [1.807, 2.05) is 30.3 Å².